The smallest absolute Gasteiger partial charge is 0.150 e. The maximum Gasteiger partial charge on any atom is 0.150 e. The summed E-state index contributed by atoms with van der Waals surface area (Å²) in [6, 6.07) is 17.8. The van der Waals surface area contributed by atoms with E-state index in [0.29, 0.717) is 5.56 Å². The van der Waals surface area contributed by atoms with Gasteiger partial charge in [-0.05, 0) is 61.2 Å². The van der Waals surface area contributed by atoms with Crippen LogP contribution in [0.25, 0.3) is 33.4 Å². The van der Waals surface area contributed by atoms with Crippen molar-refractivity contribution in [3.63, 3.8) is 0 Å². The van der Waals surface area contributed by atoms with Gasteiger partial charge >= 0.3 is 0 Å². The number of carbonyl (C=O) groups is 1. The van der Waals surface area contributed by atoms with Gasteiger partial charge in [0.2, 0.25) is 0 Å². The van der Waals surface area contributed by atoms with Crippen molar-refractivity contribution in [2.45, 2.75) is 33.6 Å². The van der Waals surface area contributed by atoms with Gasteiger partial charge in [-0.1, -0.05) is 50.3 Å². The minimum atomic E-state index is 0.651. The molecule has 0 saturated heterocycles. The van der Waals surface area contributed by atoms with Crippen molar-refractivity contribution >= 4 is 22.9 Å². The van der Waals surface area contributed by atoms with E-state index < -0.39 is 0 Å². The molecule has 34 heavy (non-hydrogen) atoms. The van der Waals surface area contributed by atoms with Crippen LogP contribution in [0.15, 0.2) is 87.9 Å². The van der Waals surface area contributed by atoms with Crippen LogP contribution in [0.4, 0.5) is 5.69 Å². The molecule has 0 saturated carbocycles. The summed E-state index contributed by atoms with van der Waals surface area (Å²) in [5, 5.41) is 5.37. The lowest BCUT2D eigenvalue weighted by molar-refractivity contribution is 0.112. The van der Waals surface area contributed by atoms with Gasteiger partial charge in [-0.2, -0.15) is 0 Å². The number of nitrogens with zero attached hydrogens (tertiary/aromatic N) is 1. The van der Waals surface area contributed by atoms with E-state index in [2.05, 4.69) is 47.6 Å². The molecule has 2 aromatic rings. The van der Waals surface area contributed by atoms with Crippen LogP contribution in [0.1, 0.15) is 42.6 Å². The Balaban J connectivity index is 0.00000133. The Morgan fingerprint density at radius 3 is 2.56 bits per heavy atom. The van der Waals surface area contributed by atoms with Crippen LogP contribution in [0, 0.1) is 6.92 Å². The predicted molar refractivity (Wildman–Crippen MR) is 141 cm³/mol. The van der Waals surface area contributed by atoms with Crippen LogP contribution in [0.5, 0.6) is 0 Å². The minimum Gasteiger partial charge on any atom is -0.456 e. The van der Waals surface area contributed by atoms with Crippen LogP contribution in [0.3, 0.4) is 0 Å². The molecule has 4 nitrogen and oxygen atoms in total. The summed E-state index contributed by atoms with van der Waals surface area (Å²) < 4.78 is 6.35. The Kier molecular flexibility index (Phi) is 7.07. The van der Waals surface area contributed by atoms with Gasteiger partial charge in [0, 0.05) is 46.6 Å². The van der Waals surface area contributed by atoms with E-state index >= 15 is 0 Å². The second kappa shape index (κ2) is 10.3. The fraction of sp³-hybridized carbons (Fsp3) is 0.200. The van der Waals surface area contributed by atoms with E-state index in [4.69, 9.17) is 4.42 Å². The molecular weight excluding hydrogens is 420 g/mol. The molecule has 0 unspecified atom stereocenters. The Labute approximate surface area is 200 Å². The number of aldehydes is 1. The summed E-state index contributed by atoms with van der Waals surface area (Å²) in [5.41, 5.74) is 7.47. The summed E-state index contributed by atoms with van der Waals surface area (Å²) >= 11 is 0. The molecule has 1 aliphatic heterocycles. The highest BCUT2D eigenvalue weighted by Gasteiger charge is 2.20. The number of benzene rings is 3. The molecular formula is C30H30N2O2. The maximum absolute atomic E-state index is 11.9. The SMILES string of the molecule is CC.CN=c1ccc2c(-c3ccccc3C=O)c3cc(NC4=CCCC=C4)c(C)cc3oc-2c1. The van der Waals surface area contributed by atoms with Crippen LogP contribution in [-0.2, 0) is 0 Å². The highest BCUT2D eigenvalue weighted by atomic mass is 16.3. The summed E-state index contributed by atoms with van der Waals surface area (Å²) in [7, 11) is 1.77. The lowest BCUT2D eigenvalue weighted by Gasteiger charge is -2.19. The van der Waals surface area contributed by atoms with Gasteiger partial charge in [-0.25, -0.2) is 0 Å². The molecule has 4 heteroatoms. The molecule has 0 fully saturated rings. The molecule has 0 bridgehead atoms. The number of nitrogens with one attached hydrogen (secondary N) is 1. The third-order valence-corrected chi connectivity index (χ3v) is 5.94. The number of rotatable bonds is 4. The molecule has 0 aromatic heterocycles. The van der Waals surface area contributed by atoms with Crippen LogP contribution >= 0.6 is 0 Å². The molecule has 1 N–H and O–H groups in total. The van der Waals surface area contributed by atoms with Crippen molar-refractivity contribution < 1.29 is 9.21 Å². The second-order valence-corrected chi connectivity index (χ2v) is 8.01. The molecule has 0 spiro atoms. The molecule has 1 heterocycles. The number of hydrogen-bond acceptors (Lipinski definition) is 4. The molecule has 3 aliphatic rings. The summed E-state index contributed by atoms with van der Waals surface area (Å²) in [6.07, 6.45) is 9.55. The topological polar surface area (TPSA) is 54.6 Å². The van der Waals surface area contributed by atoms with Gasteiger partial charge in [0.25, 0.3) is 0 Å². The summed E-state index contributed by atoms with van der Waals surface area (Å²) in [6.45, 7) is 6.07. The molecule has 2 aliphatic carbocycles. The van der Waals surface area contributed by atoms with E-state index in [1.807, 2.05) is 56.3 Å². The van der Waals surface area contributed by atoms with Crippen molar-refractivity contribution in [3.05, 3.63) is 95.0 Å². The van der Waals surface area contributed by atoms with Crippen molar-refractivity contribution in [1.82, 2.24) is 0 Å². The molecule has 0 atom stereocenters. The van der Waals surface area contributed by atoms with E-state index in [1.54, 1.807) is 7.05 Å². The third kappa shape index (κ3) is 4.44. The lowest BCUT2D eigenvalue weighted by Crippen LogP contribution is -2.04. The largest absolute Gasteiger partial charge is 0.456 e. The molecule has 0 radical (unpaired) electrons. The Hall–Kier alpha value is -3.92. The first-order valence-corrected chi connectivity index (χ1v) is 11.8. The van der Waals surface area contributed by atoms with E-state index in [9.17, 15) is 4.79 Å². The molecule has 2 aromatic carbocycles. The van der Waals surface area contributed by atoms with E-state index in [1.165, 1.54) is 0 Å². The first-order valence-electron chi connectivity index (χ1n) is 11.8. The highest BCUT2D eigenvalue weighted by Crippen LogP contribution is 2.42. The maximum atomic E-state index is 11.9. The van der Waals surface area contributed by atoms with Gasteiger partial charge in [0.15, 0.2) is 6.29 Å². The van der Waals surface area contributed by atoms with Crippen molar-refractivity contribution in [3.8, 4) is 22.5 Å². The number of hydrogen-bond donors (Lipinski definition) is 1. The van der Waals surface area contributed by atoms with Gasteiger partial charge in [-0.15, -0.1) is 0 Å². The van der Waals surface area contributed by atoms with Crippen molar-refractivity contribution in [2.75, 3.05) is 12.4 Å². The first-order chi connectivity index (χ1) is 16.7. The summed E-state index contributed by atoms with van der Waals surface area (Å²) in [4.78, 5) is 16.2. The van der Waals surface area contributed by atoms with Gasteiger partial charge < -0.3 is 9.73 Å². The predicted octanol–water partition coefficient (Wildman–Crippen LogP) is 7.53. The average molecular weight is 451 g/mol. The standard InChI is InChI=1S/C28H24N2O2.C2H6/c1-18-14-26-24(16-25(18)30-20-9-4-3-5-10-20)28(22-11-7-6-8-19(22)17-31)23-13-12-21(29-2)15-27(23)32-26;1-2/h4,6-17,30H,3,5H2,1-2H3;1-2H3. The Bertz CT molecular complexity index is 1440. The number of aryl methyl sites for hydroxylation is 1. The highest BCUT2D eigenvalue weighted by molar-refractivity contribution is 6.06. The zero-order valence-electron chi connectivity index (χ0n) is 20.2. The quantitative estimate of drug-likeness (QED) is 0.258. The van der Waals surface area contributed by atoms with Crippen LogP contribution in [0.2, 0.25) is 0 Å². The lowest BCUT2D eigenvalue weighted by atomic mass is 9.90. The normalized spacial score (nSPS) is 13.4. The number of allylic oxidation sites excluding steroid dienone is 3. The number of anilines is 1. The first kappa shape index (κ1) is 23.2. The van der Waals surface area contributed by atoms with E-state index in [0.717, 1.165) is 74.9 Å². The van der Waals surface area contributed by atoms with Gasteiger partial charge in [-0.3, -0.25) is 9.79 Å². The Morgan fingerprint density at radius 1 is 1.00 bits per heavy atom. The molecule has 0 amide bonds. The van der Waals surface area contributed by atoms with Crippen LogP contribution in [-0.4, -0.2) is 13.3 Å². The average Bonchev–Trinajstić information content (AvgIpc) is 2.89. The van der Waals surface area contributed by atoms with Gasteiger partial charge in [0.1, 0.15) is 11.3 Å². The van der Waals surface area contributed by atoms with Crippen molar-refractivity contribution in [1.29, 1.82) is 0 Å². The molecule has 5 rings (SSSR count). The number of carbonyl (C=O) groups excluding carboxylic acids is 1. The fourth-order valence-corrected chi connectivity index (χ4v) is 4.28. The third-order valence-electron chi connectivity index (χ3n) is 5.94. The monoisotopic (exact) mass is 450 g/mol. The Morgan fingerprint density at radius 2 is 1.82 bits per heavy atom. The second-order valence-electron chi connectivity index (χ2n) is 8.01. The van der Waals surface area contributed by atoms with Crippen LogP contribution < -0.4 is 10.7 Å². The minimum absolute atomic E-state index is 0.651. The fourth-order valence-electron chi connectivity index (χ4n) is 4.28. The summed E-state index contributed by atoms with van der Waals surface area (Å²) in [5.74, 6) is 0.745. The van der Waals surface area contributed by atoms with Crippen molar-refractivity contribution in [2.24, 2.45) is 4.99 Å². The molecule has 172 valence electrons. The van der Waals surface area contributed by atoms with Gasteiger partial charge in [0.05, 0.1) is 5.36 Å². The van der Waals surface area contributed by atoms with E-state index in [-0.39, 0.29) is 0 Å². The zero-order valence-corrected chi connectivity index (χ0v) is 20.2. The zero-order chi connectivity index (χ0) is 24.1. The number of fused-ring (bicyclic) bond motifs is 2.